The first kappa shape index (κ1) is 17.2. The van der Waals surface area contributed by atoms with Gasteiger partial charge in [0.05, 0.1) is 4.90 Å². The van der Waals surface area contributed by atoms with Gasteiger partial charge in [-0.15, -0.1) is 0 Å². The Morgan fingerprint density at radius 2 is 1.29 bits per heavy atom. The van der Waals surface area contributed by atoms with Gasteiger partial charge in [-0.05, 0) is 65.5 Å². The summed E-state index contributed by atoms with van der Waals surface area (Å²) in [5, 5.41) is 0. The molecule has 0 radical (unpaired) electrons. The fourth-order valence-electron chi connectivity index (χ4n) is 3.93. The largest absolute Gasteiger partial charge is 0.224 e. The minimum atomic E-state index is -3.18. The summed E-state index contributed by atoms with van der Waals surface area (Å²) >= 11 is 0. The van der Waals surface area contributed by atoms with Crippen molar-refractivity contribution in [1.82, 2.24) is 0 Å². The lowest BCUT2D eigenvalue weighted by molar-refractivity contribution is 0.372. The Balaban J connectivity index is 1.96. The van der Waals surface area contributed by atoms with Gasteiger partial charge >= 0.3 is 0 Å². The van der Waals surface area contributed by atoms with Crippen molar-refractivity contribution in [1.29, 1.82) is 0 Å². The van der Waals surface area contributed by atoms with Gasteiger partial charge in [-0.25, -0.2) is 12.8 Å². The van der Waals surface area contributed by atoms with E-state index in [4.69, 9.17) is 0 Å². The van der Waals surface area contributed by atoms with E-state index in [0.717, 1.165) is 24.0 Å². The van der Waals surface area contributed by atoms with Gasteiger partial charge < -0.3 is 0 Å². The summed E-state index contributed by atoms with van der Waals surface area (Å²) in [6.45, 7) is 4.52. The molecule has 1 fully saturated rings. The van der Waals surface area contributed by atoms with E-state index in [2.05, 4.69) is 13.8 Å². The molecule has 2 aromatic rings. The molecule has 0 saturated heterocycles. The van der Waals surface area contributed by atoms with Crippen LogP contribution in [0.2, 0.25) is 0 Å². The Kier molecular flexibility index (Phi) is 4.28. The van der Waals surface area contributed by atoms with Crippen molar-refractivity contribution in [3.05, 3.63) is 65.5 Å². The van der Waals surface area contributed by atoms with E-state index in [1.165, 1.54) is 18.4 Å². The summed E-state index contributed by atoms with van der Waals surface area (Å²) in [7, 11) is -3.18. The second-order valence-electron chi connectivity index (χ2n) is 7.68. The first-order chi connectivity index (χ1) is 11.2. The molecular weight excluding hydrogens is 323 g/mol. The summed E-state index contributed by atoms with van der Waals surface area (Å²) in [6.07, 6.45) is 3.30. The molecule has 0 aliphatic heterocycles. The van der Waals surface area contributed by atoms with Crippen LogP contribution in [0, 0.1) is 11.2 Å². The van der Waals surface area contributed by atoms with Crippen LogP contribution in [0.3, 0.4) is 0 Å². The Morgan fingerprint density at radius 3 is 1.71 bits per heavy atom. The molecule has 0 bridgehead atoms. The molecule has 2 unspecified atom stereocenters. The fourth-order valence-corrected chi connectivity index (χ4v) is 4.56. The standard InChI is InChI=1S/C20H23FO2S/c1-20(2)12-18(14-4-8-16(21)9-5-14)19(13-20)15-6-10-17(11-7-15)24(3,22)23/h4-11,18-19H,12-13H2,1-3H3. The van der Waals surface area contributed by atoms with Crippen molar-refractivity contribution in [2.75, 3.05) is 6.26 Å². The zero-order valence-corrected chi connectivity index (χ0v) is 15.1. The summed E-state index contributed by atoms with van der Waals surface area (Å²) in [5.41, 5.74) is 2.51. The topological polar surface area (TPSA) is 34.1 Å². The molecule has 0 amide bonds. The molecule has 0 heterocycles. The minimum Gasteiger partial charge on any atom is -0.224 e. The van der Waals surface area contributed by atoms with E-state index in [1.807, 2.05) is 24.3 Å². The highest BCUT2D eigenvalue weighted by Crippen LogP contribution is 2.54. The second-order valence-corrected chi connectivity index (χ2v) is 9.69. The third kappa shape index (κ3) is 3.54. The molecule has 0 N–H and O–H groups in total. The molecule has 1 saturated carbocycles. The first-order valence-electron chi connectivity index (χ1n) is 8.21. The van der Waals surface area contributed by atoms with Gasteiger partial charge in [-0.1, -0.05) is 38.1 Å². The van der Waals surface area contributed by atoms with Gasteiger partial charge in [-0.2, -0.15) is 0 Å². The van der Waals surface area contributed by atoms with Crippen molar-refractivity contribution < 1.29 is 12.8 Å². The van der Waals surface area contributed by atoms with E-state index in [0.29, 0.717) is 16.7 Å². The van der Waals surface area contributed by atoms with Crippen LogP contribution < -0.4 is 0 Å². The van der Waals surface area contributed by atoms with Crippen molar-refractivity contribution in [3.8, 4) is 0 Å². The third-order valence-corrected chi connectivity index (χ3v) is 6.19. The molecule has 2 atom stereocenters. The zero-order chi connectivity index (χ0) is 17.5. The number of hydrogen-bond donors (Lipinski definition) is 0. The Hall–Kier alpha value is -1.68. The van der Waals surface area contributed by atoms with Crippen molar-refractivity contribution in [2.24, 2.45) is 5.41 Å². The first-order valence-corrected chi connectivity index (χ1v) is 10.1. The Labute approximate surface area is 143 Å². The molecule has 1 aliphatic carbocycles. The van der Waals surface area contributed by atoms with Crippen LogP contribution in [-0.2, 0) is 9.84 Å². The lowest BCUT2D eigenvalue weighted by atomic mass is 9.84. The molecule has 24 heavy (non-hydrogen) atoms. The van der Waals surface area contributed by atoms with Gasteiger partial charge in [0.1, 0.15) is 5.82 Å². The normalized spacial score (nSPS) is 23.3. The van der Waals surface area contributed by atoms with Crippen molar-refractivity contribution >= 4 is 9.84 Å². The van der Waals surface area contributed by atoms with E-state index in [9.17, 15) is 12.8 Å². The number of benzene rings is 2. The maximum Gasteiger partial charge on any atom is 0.175 e. The molecule has 0 spiro atoms. The maximum absolute atomic E-state index is 13.2. The zero-order valence-electron chi connectivity index (χ0n) is 14.3. The highest BCUT2D eigenvalue weighted by atomic mass is 32.2. The number of rotatable bonds is 3. The molecule has 4 heteroatoms. The van der Waals surface area contributed by atoms with Gasteiger partial charge in [0.15, 0.2) is 9.84 Å². The van der Waals surface area contributed by atoms with E-state index in [-0.39, 0.29) is 11.2 Å². The highest BCUT2D eigenvalue weighted by molar-refractivity contribution is 7.90. The van der Waals surface area contributed by atoms with Crippen molar-refractivity contribution in [2.45, 2.75) is 43.4 Å². The molecular formula is C20H23FO2S. The molecule has 1 aliphatic rings. The lowest BCUT2D eigenvalue weighted by Crippen LogP contribution is -2.05. The van der Waals surface area contributed by atoms with Gasteiger partial charge in [0.2, 0.25) is 0 Å². The molecule has 3 rings (SSSR count). The lowest BCUT2D eigenvalue weighted by Gasteiger charge is -2.20. The molecule has 128 valence electrons. The fraction of sp³-hybridized carbons (Fsp3) is 0.400. The number of sulfone groups is 1. The maximum atomic E-state index is 13.2. The quantitative estimate of drug-likeness (QED) is 0.791. The third-order valence-electron chi connectivity index (χ3n) is 5.07. The monoisotopic (exact) mass is 346 g/mol. The van der Waals surface area contributed by atoms with E-state index >= 15 is 0 Å². The number of halogens is 1. The average molecular weight is 346 g/mol. The SMILES string of the molecule is CC1(C)CC(c2ccc(F)cc2)C(c2ccc(S(C)(=O)=O)cc2)C1. The highest BCUT2D eigenvalue weighted by Gasteiger charge is 2.40. The van der Waals surface area contributed by atoms with Gasteiger partial charge in [0, 0.05) is 6.26 Å². The summed E-state index contributed by atoms with van der Waals surface area (Å²) in [4.78, 5) is 0.349. The molecule has 0 aromatic heterocycles. The second kappa shape index (κ2) is 5.99. The molecule has 2 nitrogen and oxygen atoms in total. The van der Waals surface area contributed by atoms with Crippen LogP contribution >= 0.6 is 0 Å². The van der Waals surface area contributed by atoms with Crippen LogP contribution in [0.25, 0.3) is 0 Å². The van der Waals surface area contributed by atoms with Crippen LogP contribution in [-0.4, -0.2) is 14.7 Å². The van der Waals surface area contributed by atoms with Gasteiger partial charge in [-0.3, -0.25) is 0 Å². The van der Waals surface area contributed by atoms with Crippen LogP contribution in [0.15, 0.2) is 53.4 Å². The summed E-state index contributed by atoms with van der Waals surface area (Å²) in [6, 6.07) is 14.0. The summed E-state index contributed by atoms with van der Waals surface area (Å²) in [5.74, 6) is 0.425. The minimum absolute atomic E-state index is 0.208. The smallest absolute Gasteiger partial charge is 0.175 e. The summed E-state index contributed by atoms with van der Waals surface area (Å²) < 4.78 is 36.5. The van der Waals surface area contributed by atoms with Crippen LogP contribution in [0.1, 0.15) is 49.7 Å². The van der Waals surface area contributed by atoms with Crippen molar-refractivity contribution in [3.63, 3.8) is 0 Å². The van der Waals surface area contributed by atoms with Crippen LogP contribution in [0.4, 0.5) is 4.39 Å². The van der Waals surface area contributed by atoms with Gasteiger partial charge in [0.25, 0.3) is 0 Å². The average Bonchev–Trinajstić information content (AvgIpc) is 2.83. The number of hydrogen-bond acceptors (Lipinski definition) is 2. The van der Waals surface area contributed by atoms with E-state index in [1.54, 1.807) is 12.1 Å². The Bertz CT molecular complexity index is 821. The van der Waals surface area contributed by atoms with Crippen LogP contribution in [0.5, 0.6) is 0 Å². The predicted octanol–water partition coefficient (Wildman–Crippen LogP) is 4.92. The molecule has 2 aromatic carbocycles. The van der Waals surface area contributed by atoms with E-state index < -0.39 is 9.84 Å². The Morgan fingerprint density at radius 1 is 0.875 bits per heavy atom. The predicted molar refractivity (Wildman–Crippen MR) is 94.4 cm³/mol.